The molecule has 2 heteroatoms. The Balaban J connectivity index is 3.19. The number of aryl methyl sites for hydroxylation is 2. The first-order valence-corrected chi connectivity index (χ1v) is 4.30. The largest absolute Gasteiger partial charge is 0.235 e. The summed E-state index contributed by atoms with van der Waals surface area (Å²) < 4.78 is 0. The number of benzene rings is 1. The number of carbonyl (C=O) groups excluding carboxylic acids is 1. The molecule has 1 atom stereocenters. The average Bonchev–Trinajstić information content (AvgIpc) is 2.04. The van der Waals surface area contributed by atoms with Crippen molar-refractivity contribution in [1.82, 2.24) is 0 Å². The first-order valence-electron chi connectivity index (χ1n) is 4.30. The second kappa shape index (κ2) is 4.01. The van der Waals surface area contributed by atoms with Gasteiger partial charge in [-0.15, -0.1) is 0 Å². The lowest BCUT2D eigenvalue weighted by atomic mass is 9.98. The normalized spacial score (nSPS) is 11.9. The first kappa shape index (κ1) is 9.69. The van der Waals surface area contributed by atoms with E-state index >= 15 is 0 Å². The maximum Gasteiger partial charge on any atom is 0.235 e. The molecule has 0 aliphatic heterocycles. The van der Waals surface area contributed by atoms with Crippen LogP contribution in [-0.2, 0) is 4.79 Å². The number of hydrogen-bond donors (Lipinski definition) is 0. The van der Waals surface area contributed by atoms with Crippen molar-refractivity contribution in [3.8, 4) is 0 Å². The summed E-state index contributed by atoms with van der Waals surface area (Å²) in [5.41, 5.74) is 3.48. The zero-order chi connectivity index (χ0) is 9.84. The van der Waals surface area contributed by atoms with Gasteiger partial charge in [-0.05, 0) is 37.5 Å². The molecular weight excluding hydrogens is 162 g/mol. The summed E-state index contributed by atoms with van der Waals surface area (Å²) in [6.07, 6.45) is 1.60. The summed E-state index contributed by atoms with van der Waals surface area (Å²) >= 11 is 0. The highest BCUT2D eigenvalue weighted by atomic mass is 16.1. The summed E-state index contributed by atoms with van der Waals surface area (Å²) in [5.74, 6) is 0. The maximum absolute atomic E-state index is 10.1. The number of aliphatic imine (C=N–C) groups is 1. The van der Waals surface area contributed by atoms with Gasteiger partial charge in [-0.2, -0.15) is 4.99 Å². The molecule has 1 aromatic carbocycles. The minimum Gasteiger partial charge on any atom is -0.211 e. The molecule has 0 saturated carbocycles. The summed E-state index contributed by atoms with van der Waals surface area (Å²) in [7, 11) is 0. The van der Waals surface area contributed by atoms with E-state index in [1.807, 2.05) is 39.0 Å². The molecule has 1 unspecified atom stereocenters. The number of nitrogens with zero attached hydrogens (tertiary/aromatic N) is 1. The van der Waals surface area contributed by atoms with Crippen molar-refractivity contribution < 1.29 is 4.79 Å². The lowest BCUT2D eigenvalue weighted by Crippen LogP contribution is -1.96. The molecule has 0 bridgehead atoms. The number of rotatable bonds is 2. The molecule has 0 N–H and O–H groups in total. The van der Waals surface area contributed by atoms with Crippen LogP contribution in [0.5, 0.6) is 0 Å². The first-order chi connectivity index (χ1) is 6.16. The smallest absolute Gasteiger partial charge is 0.211 e. The third-order valence-electron chi connectivity index (χ3n) is 2.21. The Morgan fingerprint density at radius 1 is 1.31 bits per heavy atom. The van der Waals surface area contributed by atoms with Gasteiger partial charge >= 0.3 is 0 Å². The Kier molecular flexibility index (Phi) is 2.99. The van der Waals surface area contributed by atoms with E-state index in [1.54, 1.807) is 6.08 Å². The number of hydrogen-bond acceptors (Lipinski definition) is 2. The molecule has 68 valence electrons. The van der Waals surface area contributed by atoms with Crippen LogP contribution in [0.3, 0.4) is 0 Å². The van der Waals surface area contributed by atoms with Gasteiger partial charge in [0.15, 0.2) is 0 Å². The topological polar surface area (TPSA) is 29.4 Å². The second-order valence-corrected chi connectivity index (χ2v) is 3.20. The zero-order valence-electron chi connectivity index (χ0n) is 8.16. The van der Waals surface area contributed by atoms with Crippen LogP contribution in [0.2, 0.25) is 0 Å². The molecule has 1 aromatic rings. The summed E-state index contributed by atoms with van der Waals surface area (Å²) in [6.45, 7) is 5.96. The lowest BCUT2D eigenvalue weighted by molar-refractivity contribution is 0.559. The van der Waals surface area contributed by atoms with Crippen molar-refractivity contribution in [2.75, 3.05) is 0 Å². The van der Waals surface area contributed by atoms with E-state index in [9.17, 15) is 4.79 Å². The van der Waals surface area contributed by atoms with Gasteiger partial charge in [-0.1, -0.05) is 18.2 Å². The molecule has 0 aromatic heterocycles. The molecule has 0 amide bonds. The molecule has 0 heterocycles. The molecule has 0 spiro atoms. The van der Waals surface area contributed by atoms with Crippen LogP contribution in [0.1, 0.15) is 29.7 Å². The van der Waals surface area contributed by atoms with Crippen molar-refractivity contribution in [2.24, 2.45) is 4.99 Å². The van der Waals surface area contributed by atoms with Gasteiger partial charge in [-0.25, -0.2) is 4.79 Å². The highest BCUT2D eigenvalue weighted by Gasteiger charge is 2.08. The van der Waals surface area contributed by atoms with Crippen molar-refractivity contribution in [3.63, 3.8) is 0 Å². The third-order valence-corrected chi connectivity index (χ3v) is 2.21. The Morgan fingerprint density at radius 2 is 1.85 bits per heavy atom. The highest BCUT2D eigenvalue weighted by Crippen LogP contribution is 2.23. The quantitative estimate of drug-likeness (QED) is 0.502. The van der Waals surface area contributed by atoms with Gasteiger partial charge in [0, 0.05) is 0 Å². The van der Waals surface area contributed by atoms with Gasteiger partial charge < -0.3 is 0 Å². The van der Waals surface area contributed by atoms with Crippen LogP contribution in [0, 0.1) is 13.8 Å². The summed E-state index contributed by atoms with van der Waals surface area (Å²) in [6, 6.07) is 5.97. The zero-order valence-corrected chi connectivity index (χ0v) is 8.16. The van der Waals surface area contributed by atoms with E-state index in [-0.39, 0.29) is 6.04 Å². The van der Waals surface area contributed by atoms with Crippen molar-refractivity contribution >= 4 is 6.08 Å². The molecule has 13 heavy (non-hydrogen) atoms. The molecule has 0 fully saturated rings. The van der Waals surface area contributed by atoms with E-state index in [0.29, 0.717) is 0 Å². The van der Waals surface area contributed by atoms with Gasteiger partial charge in [0.1, 0.15) is 0 Å². The van der Waals surface area contributed by atoms with Crippen LogP contribution in [-0.4, -0.2) is 6.08 Å². The molecule has 0 saturated heterocycles. The molecular formula is C11H13NO. The third kappa shape index (κ3) is 2.04. The van der Waals surface area contributed by atoms with Crippen LogP contribution >= 0.6 is 0 Å². The minimum absolute atomic E-state index is 0.0845. The lowest BCUT2D eigenvalue weighted by Gasteiger charge is -2.11. The van der Waals surface area contributed by atoms with Crippen molar-refractivity contribution in [2.45, 2.75) is 26.8 Å². The van der Waals surface area contributed by atoms with Crippen LogP contribution in [0.4, 0.5) is 0 Å². The van der Waals surface area contributed by atoms with Crippen molar-refractivity contribution in [3.05, 3.63) is 34.9 Å². The fourth-order valence-corrected chi connectivity index (χ4v) is 1.63. The van der Waals surface area contributed by atoms with Gasteiger partial charge in [-0.3, -0.25) is 0 Å². The molecule has 0 radical (unpaired) electrons. The molecule has 1 rings (SSSR count). The van der Waals surface area contributed by atoms with Crippen LogP contribution in [0.25, 0.3) is 0 Å². The highest BCUT2D eigenvalue weighted by molar-refractivity contribution is 5.40. The SMILES string of the molecule is Cc1cccc(C)c1C(C)N=C=O. The van der Waals surface area contributed by atoms with E-state index in [2.05, 4.69) is 4.99 Å². The predicted octanol–water partition coefficient (Wildman–Crippen LogP) is 2.70. The van der Waals surface area contributed by atoms with Crippen LogP contribution < -0.4 is 0 Å². The summed E-state index contributed by atoms with van der Waals surface area (Å²) in [4.78, 5) is 13.8. The van der Waals surface area contributed by atoms with Gasteiger partial charge in [0.05, 0.1) is 6.04 Å². The predicted molar refractivity (Wildman–Crippen MR) is 52.5 cm³/mol. The number of isocyanates is 1. The maximum atomic E-state index is 10.1. The van der Waals surface area contributed by atoms with E-state index in [0.717, 1.165) is 5.56 Å². The Labute approximate surface area is 78.3 Å². The fourth-order valence-electron chi connectivity index (χ4n) is 1.63. The van der Waals surface area contributed by atoms with Gasteiger partial charge in [0.2, 0.25) is 6.08 Å². The van der Waals surface area contributed by atoms with Gasteiger partial charge in [0.25, 0.3) is 0 Å². The monoisotopic (exact) mass is 175 g/mol. The van der Waals surface area contributed by atoms with E-state index in [4.69, 9.17) is 0 Å². The van der Waals surface area contributed by atoms with E-state index in [1.165, 1.54) is 11.1 Å². The Bertz CT molecular complexity index is 331. The average molecular weight is 175 g/mol. The van der Waals surface area contributed by atoms with Crippen LogP contribution in [0.15, 0.2) is 23.2 Å². The molecule has 2 nitrogen and oxygen atoms in total. The second-order valence-electron chi connectivity index (χ2n) is 3.20. The molecule has 0 aliphatic rings. The summed E-state index contributed by atoms with van der Waals surface area (Å²) in [5, 5.41) is 0. The Morgan fingerprint density at radius 3 is 2.31 bits per heavy atom. The Hall–Kier alpha value is -1.40. The standard InChI is InChI=1S/C11H13NO/c1-8-5-4-6-9(2)11(8)10(3)12-7-13/h4-6,10H,1-3H3. The fraction of sp³-hybridized carbons (Fsp3) is 0.364. The molecule has 0 aliphatic carbocycles. The van der Waals surface area contributed by atoms with E-state index < -0.39 is 0 Å². The van der Waals surface area contributed by atoms with Crippen molar-refractivity contribution in [1.29, 1.82) is 0 Å². The minimum atomic E-state index is -0.0845.